The van der Waals surface area contributed by atoms with Gasteiger partial charge < -0.3 is 4.74 Å². The van der Waals surface area contributed by atoms with E-state index in [0.29, 0.717) is 12.5 Å². The molecular formula is C15H26Br2O2. The van der Waals surface area contributed by atoms with Crippen molar-refractivity contribution < 1.29 is 9.53 Å². The Kier molecular flexibility index (Phi) is 11.0. The zero-order valence-electron chi connectivity index (χ0n) is 12.3. The second-order valence-electron chi connectivity index (χ2n) is 5.05. The van der Waals surface area contributed by atoms with Gasteiger partial charge in [-0.3, -0.25) is 4.79 Å². The topological polar surface area (TPSA) is 26.3 Å². The lowest BCUT2D eigenvalue weighted by atomic mass is 9.79. The highest BCUT2D eigenvalue weighted by Gasteiger charge is 2.28. The van der Waals surface area contributed by atoms with Gasteiger partial charge in [-0.25, -0.2) is 0 Å². The number of alkyl halides is 2. The van der Waals surface area contributed by atoms with E-state index in [-0.39, 0.29) is 17.8 Å². The molecule has 0 spiro atoms. The van der Waals surface area contributed by atoms with Crippen LogP contribution in [-0.4, -0.2) is 23.2 Å². The minimum Gasteiger partial charge on any atom is -0.466 e. The Bertz CT molecular complexity index is 273. The summed E-state index contributed by atoms with van der Waals surface area (Å²) in [5.41, 5.74) is 1.08. The van der Waals surface area contributed by atoms with Gasteiger partial charge in [-0.1, -0.05) is 50.9 Å². The number of halogens is 2. The van der Waals surface area contributed by atoms with E-state index in [1.165, 1.54) is 0 Å². The lowest BCUT2D eigenvalue weighted by Gasteiger charge is -2.27. The van der Waals surface area contributed by atoms with Gasteiger partial charge in [-0.15, -0.1) is 0 Å². The van der Waals surface area contributed by atoms with Crippen LogP contribution in [0.4, 0.5) is 0 Å². The molecule has 0 saturated heterocycles. The van der Waals surface area contributed by atoms with Crippen LogP contribution in [0, 0.1) is 17.8 Å². The van der Waals surface area contributed by atoms with Crippen molar-refractivity contribution in [3.8, 4) is 0 Å². The predicted octanol–water partition coefficient (Wildman–Crippen LogP) is 4.95. The Balaban J connectivity index is 4.70. The first-order chi connectivity index (χ1) is 8.97. The molecule has 0 aromatic rings. The number of ether oxygens (including phenoxy) is 1. The van der Waals surface area contributed by atoms with E-state index >= 15 is 0 Å². The summed E-state index contributed by atoms with van der Waals surface area (Å²) < 4.78 is 5.14. The zero-order valence-corrected chi connectivity index (χ0v) is 15.4. The maximum atomic E-state index is 11.9. The minimum absolute atomic E-state index is 0.105. The number of rotatable bonds is 10. The first-order valence-corrected chi connectivity index (χ1v) is 9.16. The highest BCUT2D eigenvalue weighted by Crippen LogP contribution is 2.31. The molecule has 0 radical (unpaired) electrons. The van der Waals surface area contributed by atoms with Gasteiger partial charge in [0.2, 0.25) is 0 Å². The van der Waals surface area contributed by atoms with Gasteiger partial charge in [0, 0.05) is 10.7 Å². The highest BCUT2D eigenvalue weighted by atomic mass is 79.9. The fourth-order valence-corrected chi connectivity index (χ4v) is 3.61. The van der Waals surface area contributed by atoms with Crippen molar-refractivity contribution in [2.24, 2.45) is 17.8 Å². The predicted molar refractivity (Wildman–Crippen MR) is 89.0 cm³/mol. The van der Waals surface area contributed by atoms with Gasteiger partial charge in [0.05, 0.1) is 12.5 Å². The largest absolute Gasteiger partial charge is 0.466 e. The summed E-state index contributed by atoms with van der Waals surface area (Å²) in [5.74, 6) is 0.608. The Labute approximate surface area is 134 Å². The highest BCUT2D eigenvalue weighted by molar-refractivity contribution is 9.09. The molecule has 0 rings (SSSR count). The summed E-state index contributed by atoms with van der Waals surface area (Å²) in [5, 5.41) is 2.00. The first kappa shape index (κ1) is 19.2. The van der Waals surface area contributed by atoms with Crippen LogP contribution < -0.4 is 0 Å². The Morgan fingerprint density at radius 2 is 1.79 bits per heavy atom. The summed E-state index contributed by atoms with van der Waals surface area (Å²) in [4.78, 5) is 11.9. The fourth-order valence-electron chi connectivity index (χ4n) is 2.32. The summed E-state index contributed by atoms with van der Waals surface area (Å²) in [6.45, 7) is 10.3. The van der Waals surface area contributed by atoms with Gasteiger partial charge in [0.25, 0.3) is 0 Å². The molecule has 0 heterocycles. The summed E-state index contributed by atoms with van der Waals surface area (Å²) in [6.07, 6.45) is 3.27. The summed E-state index contributed by atoms with van der Waals surface area (Å²) in [7, 11) is 0. The molecule has 0 amide bonds. The van der Waals surface area contributed by atoms with E-state index in [1.807, 2.05) is 20.8 Å². The molecule has 112 valence electrons. The Morgan fingerprint density at radius 3 is 2.16 bits per heavy atom. The molecule has 2 atom stereocenters. The van der Waals surface area contributed by atoms with Crippen molar-refractivity contribution in [3.05, 3.63) is 12.2 Å². The van der Waals surface area contributed by atoms with Gasteiger partial charge in [0.1, 0.15) is 0 Å². The van der Waals surface area contributed by atoms with Crippen molar-refractivity contribution >= 4 is 37.8 Å². The van der Waals surface area contributed by atoms with E-state index < -0.39 is 0 Å². The van der Waals surface area contributed by atoms with E-state index in [4.69, 9.17) is 4.74 Å². The standard InChI is InChI=1S/C15H26Br2O2/c1-5-19-15(18)12(4)14(11(2)3)10-13(6-8-16)7-9-17/h12-14H,2,5-10H2,1,3-4H3/t12-,14-/m0/s1. The molecule has 0 aliphatic heterocycles. The van der Waals surface area contributed by atoms with Crippen LogP contribution in [0.3, 0.4) is 0 Å². The number of hydrogen-bond donors (Lipinski definition) is 0. The van der Waals surface area contributed by atoms with Crippen LogP contribution in [0.1, 0.15) is 40.0 Å². The second-order valence-corrected chi connectivity index (χ2v) is 6.64. The van der Waals surface area contributed by atoms with Gasteiger partial charge in [-0.05, 0) is 44.9 Å². The molecule has 0 aromatic carbocycles. The van der Waals surface area contributed by atoms with Crippen molar-refractivity contribution in [1.29, 1.82) is 0 Å². The van der Waals surface area contributed by atoms with Crippen LogP contribution in [0.2, 0.25) is 0 Å². The van der Waals surface area contributed by atoms with Gasteiger partial charge in [0.15, 0.2) is 0 Å². The Hall–Kier alpha value is 0.170. The number of esters is 1. The average Bonchev–Trinajstić information content (AvgIpc) is 2.35. The van der Waals surface area contributed by atoms with Crippen LogP contribution in [0.5, 0.6) is 0 Å². The molecule has 0 saturated carbocycles. The fraction of sp³-hybridized carbons (Fsp3) is 0.800. The Morgan fingerprint density at radius 1 is 1.26 bits per heavy atom. The number of carbonyl (C=O) groups excluding carboxylic acids is 1. The molecule has 0 fully saturated rings. The van der Waals surface area contributed by atoms with E-state index in [0.717, 1.165) is 35.5 Å². The van der Waals surface area contributed by atoms with Crippen molar-refractivity contribution in [2.45, 2.75) is 40.0 Å². The lowest BCUT2D eigenvalue weighted by Crippen LogP contribution is -2.26. The van der Waals surface area contributed by atoms with Gasteiger partial charge in [-0.2, -0.15) is 0 Å². The lowest BCUT2D eigenvalue weighted by molar-refractivity contribution is -0.149. The molecule has 2 nitrogen and oxygen atoms in total. The summed E-state index contributed by atoms with van der Waals surface area (Å²) >= 11 is 7.02. The molecule has 0 aromatic heterocycles. The smallest absolute Gasteiger partial charge is 0.309 e. The first-order valence-electron chi connectivity index (χ1n) is 6.91. The van der Waals surface area contributed by atoms with Crippen LogP contribution in [0.25, 0.3) is 0 Å². The monoisotopic (exact) mass is 396 g/mol. The minimum atomic E-state index is -0.106. The van der Waals surface area contributed by atoms with Crippen molar-refractivity contribution in [1.82, 2.24) is 0 Å². The quantitative estimate of drug-likeness (QED) is 0.296. The van der Waals surface area contributed by atoms with Crippen LogP contribution >= 0.6 is 31.9 Å². The van der Waals surface area contributed by atoms with Crippen LogP contribution in [-0.2, 0) is 9.53 Å². The third-order valence-corrected chi connectivity index (χ3v) is 4.43. The average molecular weight is 398 g/mol. The molecule has 0 aliphatic carbocycles. The maximum Gasteiger partial charge on any atom is 0.309 e. The molecule has 0 aliphatic rings. The number of hydrogen-bond acceptors (Lipinski definition) is 2. The van der Waals surface area contributed by atoms with E-state index in [9.17, 15) is 4.79 Å². The number of allylic oxidation sites excluding steroid dienone is 1. The molecule has 19 heavy (non-hydrogen) atoms. The van der Waals surface area contributed by atoms with Crippen molar-refractivity contribution in [3.63, 3.8) is 0 Å². The van der Waals surface area contributed by atoms with E-state index in [2.05, 4.69) is 38.4 Å². The summed E-state index contributed by atoms with van der Waals surface area (Å²) in [6, 6.07) is 0. The molecule has 4 heteroatoms. The number of carbonyl (C=O) groups is 1. The van der Waals surface area contributed by atoms with Gasteiger partial charge >= 0.3 is 5.97 Å². The third-order valence-electron chi connectivity index (χ3n) is 3.52. The normalized spacial score (nSPS) is 14.2. The maximum absolute atomic E-state index is 11.9. The SMILES string of the molecule is C=C(C)[C@H](CC(CCBr)CCBr)[C@H](C)C(=O)OCC. The molecular weight excluding hydrogens is 372 g/mol. The molecule has 0 unspecified atom stereocenters. The van der Waals surface area contributed by atoms with Crippen molar-refractivity contribution in [2.75, 3.05) is 17.3 Å². The molecule has 0 bridgehead atoms. The van der Waals surface area contributed by atoms with E-state index in [1.54, 1.807) is 0 Å². The van der Waals surface area contributed by atoms with Crippen LogP contribution in [0.15, 0.2) is 12.2 Å². The third kappa shape index (κ3) is 7.50. The zero-order chi connectivity index (χ0) is 14.8. The molecule has 0 N–H and O–H groups in total. The second kappa shape index (κ2) is 10.9.